The first-order chi connectivity index (χ1) is 8.08. The minimum Gasteiger partial charge on any atom is -0.480 e. The van der Waals surface area contributed by atoms with Gasteiger partial charge in [-0.15, -0.1) is 0 Å². The van der Waals surface area contributed by atoms with Gasteiger partial charge in [0.2, 0.25) is 5.91 Å². The number of rotatable bonds is 3. The van der Waals surface area contributed by atoms with Crippen LogP contribution in [0.15, 0.2) is 16.9 Å². The van der Waals surface area contributed by atoms with Crippen molar-refractivity contribution in [3.63, 3.8) is 0 Å². The van der Waals surface area contributed by atoms with E-state index in [1.807, 2.05) is 0 Å². The second-order valence-electron chi connectivity index (χ2n) is 3.94. The summed E-state index contributed by atoms with van der Waals surface area (Å²) >= 11 is 3.24. The van der Waals surface area contributed by atoms with Crippen LogP contribution in [0.5, 0.6) is 0 Å². The summed E-state index contributed by atoms with van der Waals surface area (Å²) in [6.45, 7) is 0.591. The highest BCUT2D eigenvalue weighted by atomic mass is 79.9. The van der Waals surface area contributed by atoms with Crippen LogP contribution in [0.1, 0.15) is 12.8 Å². The molecule has 1 unspecified atom stereocenters. The number of hydrogen-bond acceptors (Lipinski definition) is 3. The van der Waals surface area contributed by atoms with Gasteiger partial charge in [-0.25, -0.2) is 4.79 Å². The van der Waals surface area contributed by atoms with E-state index in [0.717, 1.165) is 10.9 Å². The predicted molar refractivity (Wildman–Crippen MR) is 62.3 cm³/mol. The normalized spacial score (nSPS) is 19.6. The number of hydrogen-bond donors (Lipinski definition) is 1. The van der Waals surface area contributed by atoms with Gasteiger partial charge < -0.3 is 10.0 Å². The van der Waals surface area contributed by atoms with Gasteiger partial charge in [-0.1, -0.05) is 0 Å². The van der Waals surface area contributed by atoms with Crippen LogP contribution in [0.25, 0.3) is 0 Å². The number of carboxylic acid groups (broad SMARTS) is 1. The molecule has 0 aliphatic carbocycles. The third-order valence-electron chi connectivity index (χ3n) is 2.76. The van der Waals surface area contributed by atoms with Crippen molar-refractivity contribution in [3.05, 3.63) is 16.9 Å². The molecule has 1 aliphatic rings. The molecule has 92 valence electrons. The molecule has 0 aromatic carbocycles. The maximum absolute atomic E-state index is 11.9. The highest BCUT2D eigenvalue weighted by Crippen LogP contribution is 2.18. The van der Waals surface area contributed by atoms with Gasteiger partial charge in [-0.3, -0.25) is 9.48 Å². The van der Waals surface area contributed by atoms with Gasteiger partial charge >= 0.3 is 5.97 Å². The first-order valence-corrected chi connectivity index (χ1v) is 6.07. The van der Waals surface area contributed by atoms with E-state index in [0.29, 0.717) is 13.0 Å². The van der Waals surface area contributed by atoms with Crippen molar-refractivity contribution >= 4 is 27.8 Å². The van der Waals surface area contributed by atoms with Gasteiger partial charge in [0.15, 0.2) is 0 Å². The summed E-state index contributed by atoms with van der Waals surface area (Å²) in [7, 11) is 0. The van der Waals surface area contributed by atoms with Crippen LogP contribution in [0.2, 0.25) is 0 Å². The number of carbonyl (C=O) groups excluding carboxylic acids is 1. The topological polar surface area (TPSA) is 75.4 Å². The lowest BCUT2D eigenvalue weighted by Gasteiger charge is -2.21. The number of aliphatic carboxylic acids is 1. The Balaban J connectivity index is 2.02. The number of carbonyl (C=O) groups is 2. The highest BCUT2D eigenvalue weighted by Gasteiger charge is 2.33. The summed E-state index contributed by atoms with van der Waals surface area (Å²) in [4.78, 5) is 24.3. The fourth-order valence-electron chi connectivity index (χ4n) is 1.98. The van der Waals surface area contributed by atoms with Gasteiger partial charge in [0.05, 0.1) is 10.7 Å². The number of amides is 1. The van der Waals surface area contributed by atoms with Gasteiger partial charge in [0.1, 0.15) is 12.6 Å². The monoisotopic (exact) mass is 301 g/mol. The van der Waals surface area contributed by atoms with E-state index in [1.165, 1.54) is 9.58 Å². The smallest absolute Gasteiger partial charge is 0.326 e. The standard InChI is InChI=1S/C10H12BrN3O3/c11-7-4-12-13(5-7)6-9(15)14-3-1-2-8(14)10(16)17/h4-5,8H,1-3,6H2,(H,16,17). The Bertz CT molecular complexity index is 446. The molecular weight excluding hydrogens is 290 g/mol. The van der Waals surface area contributed by atoms with E-state index in [9.17, 15) is 9.59 Å². The van der Waals surface area contributed by atoms with Gasteiger partial charge in [-0.05, 0) is 28.8 Å². The lowest BCUT2D eigenvalue weighted by Crippen LogP contribution is -2.42. The summed E-state index contributed by atoms with van der Waals surface area (Å²) in [6, 6.07) is -0.679. The lowest BCUT2D eigenvalue weighted by molar-refractivity contribution is -0.148. The average Bonchev–Trinajstić information content (AvgIpc) is 2.86. The maximum atomic E-state index is 11.9. The number of carboxylic acids is 1. The van der Waals surface area contributed by atoms with Crippen molar-refractivity contribution in [1.29, 1.82) is 0 Å². The fourth-order valence-corrected chi connectivity index (χ4v) is 2.30. The zero-order chi connectivity index (χ0) is 12.4. The first-order valence-electron chi connectivity index (χ1n) is 5.28. The minimum absolute atomic E-state index is 0.0787. The molecule has 0 radical (unpaired) electrons. The molecule has 0 spiro atoms. The second kappa shape index (κ2) is 4.87. The summed E-state index contributed by atoms with van der Waals surface area (Å²) < 4.78 is 2.28. The molecule has 0 bridgehead atoms. The van der Waals surface area contributed by atoms with Crippen molar-refractivity contribution in [2.24, 2.45) is 0 Å². The SMILES string of the molecule is O=C(O)C1CCCN1C(=O)Cn1cc(Br)cn1. The Hall–Kier alpha value is -1.37. The maximum Gasteiger partial charge on any atom is 0.326 e. The number of likely N-dealkylation sites (tertiary alicyclic amines) is 1. The number of nitrogens with zero attached hydrogens (tertiary/aromatic N) is 3. The molecule has 0 saturated carbocycles. The zero-order valence-corrected chi connectivity index (χ0v) is 10.6. The van der Waals surface area contributed by atoms with Crippen LogP contribution in [0.3, 0.4) is 0 Å². The van der Waals surface area contributed by atoms with Crippen molar-refractivity contribution < 1.29 is 14.7 Å². The van der Waals surface area contributed by atoms with Crippen LogP contribution in [0, 0.1) is 0 Å². The van der Waals surface area contributed by atoms with Gasteiger partial charge in [0.25, 0.3) is 0 Å². The average molecular weight is 302 g/mol. The third kappa shape index (κ3) is 2.66. The molecule has 17 heavy (non-hydrogen) atoms. The zero-order valence-electron chi connectivity index (χ0n) is 9.04. The molecule has 1 aromatic rings. The van der Waals surface area contributed by atoms with E-state index >= 15 is 0 Å². The molecule has 1 amide bonds. The largest absolute Gasteiger partial charge is 0.480 e. The van der Waals surface area contributed by atoms with Crippen LogP contribution >= 0.6 is 15.9 Å². The molecule has 7 heteroatoms. The van der Waals surface area contributed by atoms with Crippen LogP contribution in [0.4, 0.5) is 0 Å². The van der Waals surface area contributed by atoms with Crippen LogP contribution < -0.4 is 0 Å². The van der Waals surface area contributed by atoms with Crippen molar-refractivity contribution in [1.82, 2.24) is 14.7 Å². The van der Waals surface area contributed by atoms with E-state index in [1.54, 1.807) is 12.4 Å². The molecule has 1 aromatic heterocycles. The van der Waals surface area contributed by atoms with E-state index in [2.05, 4.69) is 21.0 Å². The van der Waals surface area contributed by atoms with E-state index in [4.69, 9.17) is 5.11 Å². The molecule has 1 saturated heterocycles. The van der Waals surface area contributed by atoms with Crippen molar-refractivity contribution in [3.8, 4) is 0 Å². The van der Waals surface area contributed by atoms with Gasteiger partial charge in [0, 0.05) is 12.7 Å². The van der Waals surface area contributed by atoms with E-state index < -0.39 is 12.0 Å². The molecule has 1 atom stereocenters. The Kier molecular flexibility index (Phi) is 3.46. The highest BCUT2D eigenvalue weighted by molar-refractivity contribution is 9.10. The Labute approximate surface area is 106 Å². The number of halogens is 1. The Morgan fingerprint density at radius 1 is 1.59 bits per heavy atom. The van der Waals surface area contributed by atoms with Crippen molar-refractivity contribution in [2.75, 3.05) is 6.54 Å². The fraction of sp³-hybridized carbons (Fsp3) is 0.500. The summed E-state index contributed by atoms with van der Waals surface area (Å²) in [5.41, 5.74) is 0. The van der Waals surface area contributed by atoms with Gasteiger partial charge in [-0.2, -0.15) is 5.10 Å². The lowest BCUT2D eigenvalue weighted by atomic mass is 10.2. The summed E-state index contributed by atoms with van der Waals surface area (Å²) in [5, 5.41) is 13.0. The third-order valence-corrected chi connectivity index (χ3v) is 3.17. The predicted octanol–water partition coefficient (Wildman–Crippen LogP) is 0.721. The van der Waals surface area contributed by atoms with E-state index in [-0.39, 0.29) is 12.5 Å². The molecule has 6 nitrogen and oxygen atoms in total. The summed E-state index contributed by atoms with van der Waals surface area (Å²) in [5.74, 6) is -1.14. The molecule has 2 heterocycles. The molecule has 1 aliphatic heterocycles. The molecule has 1 N–H and O–H groups in total. The Morgan fingerprint density at radius 3 is 2.94 bits per heavy atom. The minimum atomic E-state index is -0.933. The molecular formula is C10H12BrN3O3. The second-order valence-corrected chi connectivity index (χ2v) is 4.86. The summed E-state index contributed by atoms with van der Waals surface area (Å²) in [6.07, 6.45) is 4.55. The van der Waals surface area contributed by atoms with Crippen LogP contribution in [-0.4, -0.2) is 44.3 Å². The number of aromatic nitrogens is 2. The molecule has 1 fully saturated rings. The molecule has 2 rings (SSSR count). The quantitative estimate of drug-likeness (QED) is 0.893. The Morgan fingerprint density at radius 2 is 2.35 bits per heavy atom. The van der Waals surface area contributed by atoms with Crippen molar-refractivity contribution in [2.45, 2.75) is 25.4 Å². The first kappa shape index (κ1) is 12.1. The van der Waals surface area contributed by atoms with Crippen LogP contribution in [-0.2, 0) is 16.1 Å².